The van der Waals surface area contributed by atoms with Crippen LogP contribution < -0.4 is 0 Å². The van der Waals surface area contributed by atoms with Crippen molar-refractivity contribution in [3.63, 3.8) is 0 Å². The van der Waals surface area contributed by atoms with Crippen LogP contribution in [-0.4, -0.2) is 49.8 Å². The van der Waals surface area contributed by atoms with Crippen LogP contribution in [-0.2, 0) is 11.8 Å². The Morgan fingerprint density at radius 2 is 1.86 bits per heavy atom. The molecule has 0 aliphatic heterocycles. The van der Waals surface area contributed by atoms with E-state index < -0.39 is 5.97 Å². The fraction of sp³-hybridized carbons (Fsp3) is 0.357. The lowest BCUT2D eigenvalue weighted by Gasteiger charge is -2.16. The second-order valence-electron chi connectivity index (χ2n) is 5.01. The van der Waals surface area contributed by atoms with Crippen LogP contribution in [0.4, 0.5) is 0 Å². The molecule has 0 aliphatic carbocycles. The molecule has 112 valence electrons. The van der Waals surface area contributed by atoms with E-state index >= 15 is 0 Å². The molecule has 1 N–H and O–H groups in total. The molecule has 0 aliphatic rings. The van der Waals surface area contributed by atoms with Crippen LogP contribution >= 0.6 is 0 Å². The number of hydrogen-bond acceptors (Lipinski definition) is 3. The molecule has 0 saturated heterocycles. The maximum Gasteiger partial charge on any atom is 0.323 e. The van der Waals surface area contributed by atoms with E-state index in [9.17, 15) is 9.59 Å². The predicted octanol–water partition coefficient (Wildman–Crippen LogP) is 0.984. The lowest BCUT2D eigenvalue weighted by molar-refractivity contribution is -0.137. The largest absolute Gasteiger partial charge is 0.480 e. The highest BCUT2D eigenvalue weighted by molar-refractivity contribution is 5.98. The SMILES string of the molecule is Cc1ccc(C)n1-c1c(C(=O)N(C)CC(=O)O)cnn1C. The molecule has 0 bridgehead atoms. The smallest absolute Gasteiger partial charge is 0.323 e. The van der Waals surface area contributed by atoms with Gasteiger partial charge >= 0.3 is 5.97 Å². The van der Waals surface area contributed by atoms with Gasteiger partial charge in [-0.3, -0.25) is 14.3 Å². The van der Waals surface area contributed by atoms with Crippen molar-refractivity contribution in [2.45, 2.75) is 13.8 Å². The first-order valence-electron chi connectivity index (χ1n) is 6.47. The zero-order valence-electron chi connectivity index (χ0n) is 12.5. The van der Waals surface area contributed by atoms with Crippen molar-refractivity contribution in [2.24, 2.45) is 7.05 Å². The zero-order chi connectivity index (χ0) is 15.7. The van der Waals surface area contributed by atoms with Gasteiger partial charge < -0.3 is 14.6 Å². The van der Waals surface area contributed by atoms with E-state index in [1.165, 1.54) is 13.2 Å². The molecular formula is C14H18N4O3. The van der Waals surface area contributed by atoms with Gasteiger partial charge in [0.25, 0.3) is 5.91 Å². The van der Waals surface area contributed by atoms with E-state index in [0.717, 1.165) is 16.3 Å². The lowest BCUT2D eigenvalue weighted by atomic mass is 10.2. The molecule has 0 fully saturated rings. The molecule has 7 nitrogen and oxygen atoms in total. The van der Waals surface area contributed by atoms with Crippen LogP contribution in [0.5, 0.6) is 0 Å². The third kappa shape index (κ3) is 2.67. The minimum atomic E-state index is -1.05. The third-order valence-corrected chi connectivity index (χ3v) is 3.34. The Kier molecular flexibility index (Phi) is 3.84. The summed E-state index contributed by atoms with van der Waals surface area (Å²) in [5.41, 5.74) is 2.33. The summed E-state index contributed by atoms with van der Waals surface area (Å²) in [5.74, 6) is -0.783. The van der Waals surface area contributed by atoms with Gasteiger partial charge in [-0.15, -0.1) is 0 Å². The number of aliphatic carboxylic acids is 1. The molecule has 1 amide bonds. The first-order valence-corrected chi connectivity index (χ1v) is 6.47. The Balaban J connectivity index is 2.49. The number of carboxylic acids is 1. The molecule has 7 heteroatoms. The van der Waals surface area contributed by atoms with Crippen molar-refractivity contribution < 1.29 is 14.7 Å². The Morgan fingerprint density at radius 3 is 2.38 bits per heavy atom. The molecule has 0 atom stereocenters. The minimum absolute atomic E-state index is 0.350. The number of nitrogens with zero attached hydrogens (tertiary/aromatic N) is 4. The van der Waals surface area contributed by atoms with Crippen LogP contribution in [0.2, 0.25) is 0 Å². The third-order valence-electron chi connectivity index (χ3n) is 3.34. The summed E-state index contributed by atoms with van der Waals surface area (Å²) in [6.07, 6.45) is 1.47. The summed E-state index contributed by atoms with van der Waals surface area (Å²) in [7, 11) is 3.21. The molecule has 0 unspecified atom stereocenters. The van der Waals surface area contributed by atoms with Gasteiger partial charge in [0.1, 0.15) is 17.9 Å². The quantitative estimate of drug-likeness (QED) is 0.910. The normalized spacial score (nSPS) is 10.7. The highest BCUT2D eigenvalue weighted by Gasteiger charge is 2.23. The Labute approximate surface area is 122 Å². The molecule has 2 heterocycles. The number of likely N-dealkylation sites (N-methyl/N-ethyl adjacent to an activating group) is 1. The van der Waals surface area contributed by atoms with Crippen molar-refractivity contribution in [2.75, 3.05) is 13.6 Å². The molecule has 2 rings (SSSR count). The van der Waals surface area contributed by atoms with Gasteiger partial charge in [0.05, 0.1) is 6.20 Å². The molecule has 2 aromatic heterocycles. The maximum atomic E-state index is 12.4. The number of aryl methyl sites for hydroxylation is 3. The summed E-state index contributed by atoms with van der Waals surface area (Å²) < 4.78 is 3.54. The number of carbonyl (C=O) groups excluding carboxylic acids is 1. The van der Waals surface area contributed by atoms with Gasteiger partial charge in [0.15, 0.2) is 0 Å². The van der Waals surface area contributed by atoms with Crippen molar-refractivity contribution in [3.05, 3.63) is 35.3 Å². The van der Waals surface area contributed by atoms with Gasteiger partial charge in [-0.2, -0.15) is 5.10 Å². The van der Waals surface area contributed by atoms with E-state index in [1.54, 1.807) is 11.7 Å². The van der Waals surface area contributed by atoms with Crippen molar-refractivity contribution in [1.29, 1.82) is 0 Å². The average molecular weight is 290 g/mol. The lowest BCUT2D eigenvalue weighted by Crippen LogP contribution is -2.32. The molecule has 21 heavy (non-hydrogen) atoms. The van der Waals surface area contributed by atoms with Crippen molar-refractivity contribution in [3.8, 4) is 5.82 Å². The van der Waals surface area contributed by atoms with Crippen LogP contribution in [0.1, 0.15) is 21.7 Å². The predicted molar refractivity (Wildman–Crippen MR) is 76.6 cm³/mol. The number of aromatic nitrogens is 3. The highest BCUT2D eigenvalue weighted by Crippen LogP contribution is 2.20. The summed E-state index contributed by atoms with van der Waals surface area (Å²) >= 11 is 0. The molecule has 0 saturated carbocycles. The second-order valence-corrected chi connectivity index (χ2v) is 5.01. The first kappa shape index (κ1) is 14.8. The monoisotopic (exact) mass is 290 g/mol. The van der Waals surface area contributed by atoms with Gasteiger partial charge in [0.2, 0.25) is 0 Å². The highest BCUT2D eigenvalue weighted by atomic mass is 16.4. The second kappa shape index (κ2) is 5.43. The van der Waals surface area contributed by atoms with Gasteiger partial charge in [-0.25, -0.2) is 0 Å². The van der Waals surface area contributed by atoms with Crippen LogP contribution in [0, 0.1) is 13.8 Å². The molecule has 0 spiro atoms. The molecule has 0 radical (unpaired) electrons. The number of rotatable bonds is 4. The Morgan fingerprint density at radius 1 is 1.29 bits per heavy atom. The number of carboxylic acid groups (broad SMARTS) is 1. The molecule has 2 aromatic rings. The number of carbonyl (C=O) groups is 2. The van der Waals surface area contributed by atoms with E-state index in [1.807, 2.05) is 30.5 Å². The zero-order valence-corrected chi connectivity index (χ0v) is 12.5. The van der Waals surface area contributed by atoms with E-state index in [0.29, 0.717) is 11.4 Å². The average Bonchev–Trinajstić information content (AvgIpc) is 2.91. The number of hydrogen-bond donors (Lipinski definition) is 1. The fourth-order valence-corrected chi connectivity index (χ4v) is 2.33. The van der Waals surface area contributed by atoms with Crippen LogP contribution in [0.15, 0.2) is 18.3 Å². The summed E-state index contributed by atoms with van der Waals surface area (Å²) in [5, 5.41) is 12.9. The van der Waals surface area contributed by atoms with Gasteiger partial charge in [-0.05, 0) is 26.0 Å². The molecule has 0 aromatic carbocycles. The van der Waals surface area contributed by atoms with E-state index in [-0.39, 0.29) is 12.5 Å². The van der Waals surface area contributed by atoms with Crippen LogP contribution in [0.25, 0.3) is 5.82 Å². The Bertz CT molecular complexity index is 680. The van der Waals surface area contributed by atoms with Gasteiger partial charge in [-0.1, -0.05) is 0 Å². The topological polar surface area (TPSA) is 80.4 Å². The minimum Gasteiger partial charge on any atom is -0.480 e. The van der Waals surface area contributed by atoms with Crippen molar-refractivity contribution in [1.82, 2.24) is 19.2 Å². The summed E-state index contributed by atoms with van der Waals surface area (Å²) in [4.78, 5) is 24.3. The van der Waals surface area contributed by atoms with Crippen molar-refractivity contribution >= 4 is 11.9 Å². The standard InChI is InChI=1S/C14H18N4O3/c1-9-5-6-10(2)18(9)13-11(7-15-17(13)4)14(21)16(3)8-12(19)20/h5-7H,8H2,1-4H3,(H,19,20). The van der Waals surface area contributed by atoms with E-state index in [2.05, 4.69) is 5.10 Å². The molecular weight excluding hydrogens is 272 g/mol. The van der Waals surface area contributed by atoms with Crippen LogP contribution in [0.3, 0.4) is 0 Å². The first-order chi connectivity index (χ1) is 9.82. The summed E-state index contributed by atoms with van der Waals surface area (Å²) in [6, 6.07) is 3.91. The maximum absolute atomic E-state index is 12.4. The van der Waals surface area contributed by atoms with Gasteiger partial charge in [0, 0.05) is 25.5 Å². The Hall–Kier alpha value is -2.57. The van der Waals surface area contributed by atoms with E-state index in [4.69, 9.17) is 5.11 Å². The summed E-state index contributed by atoms with van der Waals surface area (Å²) in [6.45, 7) is 3.53. The number of amides is 1. The fourth-order valence-electron chi connectivity index (χ4n) is 2.33.